The van der Waals surface area contributed by atoms with Gasteiger partial charge in [-0.25, -0.2) is 12.8 Å². The topological polar surface area (TPSA) is 85.2 Å². The van der Waals surface area contributed by atoms with E-state index in [4.69, 9.17) is 0 Å². The van der Waals surface area contributed by atoms with E-state index in [1.165, 1.54) is 28.8 Å². The van der Waals surface area contributed by atoms with Crippen LogP contribution >= 0.6 is 11.8 Å². The van der Waals surface area contributed by atoms with Crippen LogP contribution in [-0.2, 0) is 21.2 Å². The second-order valence-electron chi connectivity index (χ2n) is 7.73. The summed E-state index contributed by atoms with van der Waals surface area (Å²) >= 11 is 1.25. The van der Waals surface area contributed by atoms with Crippen molar-refractivity contribution in [3.8, 4) is 11.4 Å². The number of sulfone groups is 1. The average molecular weight is 475 g/mol. The summed E-state index contributed by atoms with van der Waals surface area (Å²) in [6.07, 6.45) is 0.466. The number of hydrogen-bond donors (Lipinski definition) is 0. The summed E-state index contributed by atoms with van der Waals surface area (Å²) in [7, 11) is -1.42. The normalized spacial score (nSPS) is 17.4. The van der Waals surface area contributed by atoms with E-state index < -0.39 is 9.84 Å². The van der Waals surface area contributed by atoms with Crippen LogP contribution in [-0.4, -0.2) is 64.3 Å². The van der Waals surface area contributed by atoms with Gasteiger partial charge in [-0.1, -0.05) is 42.1 Å². The maximum absolute atomic E-state index is 13.4. The van der Waals surface area contributed by atoms with Crippen LogP contribution in [0.4, 0.5) is 4.39 Å². The Balaban J connectivity index is 1.54. The Bertz CT molecular complexity index is 1200. The summed E-state index contributed by atoms with van der Waals surface area (Å²) in [4.78, 5) is 14.2. The summed E-state index contributed by atoms with van der Waals surface area (Å²) in [5.74, 6) is 0.339. The Hall–Kier alpha value is -2.72. The smallest absolute Gasteiger partial charge is 0.233 e. The van der Waals surface area contributed by atoms with E-state index in [1.807, 2.05) is 34.9 Å². The highest BCUT2D eigenvalue weighted by Gasteiger charge is 2.32. The van der Waals surface area contributed by atoms with Crippen LogP contribution in [0, 0.1) is 5.82 Å². The predicted octanol–water partition coefficient (Wildman–Crippen LogP) is 2.87. The fourth-order valence-corrected chi connectivity index (χ4v) is 6.27. The maximum atomic E-state index is 13.4. The van der Waals surface area contributed by atoms with Crippen LogP contribution in [0.25, 0.3) is 11.4 Å². The van der Waals surface area contributed by atoms with Crippen molar-refractivity contribution in [1.82, 2.24) is 19.7 Å². The molecule has 0 unspecified atom stereocenters. The van der Waals surface area contributed by atoms with Gasteiger partial charge in [0.1, 0.15) is 5.82 Å². The van der Waals surface area contributed by atoms with E-state index in [1.54, 1.807) is 19.2 Å². The molecule has 2 heterocycles. The monoisotopic (exact) mass is 474 g/mol. The summed E-state index contributed by atoms with van der Waals surface area (Å²) in [5.41, 5.74) is 1.76. The Labute approximate surface area is 190 Å². The van der Waals surface area contributed by atoms with Crippen molar-refractivity contribution in [2.24, 2.45) is 0 Å². The minimum atomic E-state index is -3.07. The molecule has 1 aliphatic heterocycles. The molecule has 1 amide bonds. The molecule has 1 atom stereocenters. The van der Waals surface area contributed by atoms with Crippen molar-refractivity contribution in [3.63, 3.8) is 0 Å². The number of carbonyl (C=O) groups is 1. The van der Waals surface area contributed by atoms with E-state index in [0.29, 0.717) is 23.9 Å². The molecule has 7 nitrogen and oxygen atoms in total. The van der Waals surface area contributed by atoms with Gasteiger partial charge in [0.15, 0.2) is 20.8 Å². The van der Waals surface area contributed by atoms with E-state index in [0.717, 1.165) is 11.1 Å². The molecule has 3 aromatic rings. The number of thioether (sulfide) groups is 1. The van der Waals surface area contributed by atoms with Gasteiger partial charge in [-0.15, -0.1) is 10.2 Å². The maximum Gasteiger partial charge on any atom is 0.233 e. The molecule has 0 saturated carbocycles. The van der Waals surface area contributed by atoms with Gasteiger partial charge in [-0.3, -0.25) is 9.36 Å². The molecule has 0 aliphatic carbocycles. The molecular formula is C22H23FN4O3S2. The fraction of sp³-hybridized carbons (Fsp3) is 0.318. The van der Waals surface area contributed by atoms with Gasteiger partial charge in [0, 0.05) is 18.7 Å². The Kier molecular flexibility index (Phi) is 6.61. The number of benzene rings is 2. The first-order valence-corrected chi connectivity index (χ1v) is 12.9. The van der Waals surface area contributed by atoms with Crippen molar-refractivity contribution in [3.05, 3.63) is 66.0 Å². The largest absolute Gasteiger partial charge is 0.341 e. The van der Waals surface area contributed by atoms with Crippen LogP contribution in [0.3, 0.4) is 0 Å². The van der Waals surface area contributed by atoms with Crippen LogP contribution in [0.2, 0.25) is 0 Å². The molecule has 0 radical (unpaired) electrons. The molecule has 4 rings (SSSR count). The van der Waals surface area contributed by atoms with Gasteiger partial charge in [0.25, 0.3) is 0 Å². The second kappa shape index (κ2) is 9.41. The third-order valence-electron chi connectivity index (χ3n) is 5.48. The Morgan fingerprint density at radius 3 is 2.53 bits per heavy atom. The summed E-state index contributed by atoms with van der Waals surface area (Å²) < 4.78 is 38.8. The summed E-state index contributed by atoms with van der Waals surface area (Å²) in [6, 6.07) is 15.6. The van der Waals surface area contributed by atoms with Gasteiger partial charge in [-0.05, 0) is 36.2 Å². The van der Waals surface area contributed by atoms with Gasteiger partial charge in [0.2, 0.25) is 5.91 Å². The molecule has 0 N–H and O–H groups in total. The highest BCUT2D eigenvalue weighted by atomic mass is 32.2. The van der Waals surface area contributed by atoms with Crippen molar-refractivity contribution in [2.45, 2.75) is 24.2 Å². The van der Waals surface area contributed by atoms with Crippen molar-refractivity contribution < 1.29 is 17.6 Å². The quantitative estimate of drug-likeness (QED) is 0.490. The van der Waals surface area contributed by atoms with Gasteiger partial charge in [0.05, 0.1) is 23.8 Å². The number of nitrogens with zero attached hydrogens (tertiary/aromatic N) is 4. The second-order valence-corrected chi connectivity index (χ2v) is 10.9. The predicted molar refractivity (Wildman–Crippen MR) is 122 cm³/mol. The van der Waals surface area contributed by atoms with Crippen LogP contribution in [0.1, 0.15) is 12.0 Å². The van der Waals surface area contributed by atoms with E-state index in [2.05, 4.69) is 10.2 Å². The van der Waals surface area contributed by atoms with Gasteiger partial charge < -0.3 is 4.90 Å². The van der Waals surface area contributed by atoms with E-state index in [-0.39, 0.29) is 35.0 Å². The number of amides is 1. The highest BCUT2D eigenvalue weighted by molar-refractivity contribution is 7.99. The molecule has 1 fully saturated rings. The summed E-state index contributed by atoms with van der Waals surface area (Å²) in [5, 5.41) is 9.14. The zero-order valence-corrected chi connectivity index (χ0v) is 19.2. The molecule has 10 heteroatoms. The van der Waals surface area contributed by atoms with Crippen LogP contribution in [0.5, 0.6) is 0 Å². The minimum absolute atomic E-state index is 0.0127. The van der Waals surface area contributed by atoms with E-state index in [9.17, 15) is 17.6 Å². The number of aromatic nitrogens is 3. The average Bonchev–Trinajstić information content (AvgIpc) is 3.35. The molecule has 32 heavy (non-hydrogen) atoms. The zero-order valence-electron chi connectivity index (χ0n) is 17.5. The Morgan fingerprint density at radius 2 is 1.88 bits per heavy atom. The molecule has 0 bridgehead atoms. The lowest BCUT2D eigenvalue weighted by molar-refractivity contribution is -0.128. The van der Waals surface area contributed by atoms with Crippen molar-refractivity contribution in [2.75, 3.05) is 24.3 Å². The first-order chi connectivity index (χ1) is 15.3. The lowest BCUT2D eigenvalue weighted by Gasteiger charge is -2.23. The molecule has 168 valence electrons. The third-order valence-corrected chi connectivity index (χ3v) is 8.18. The zero-order chi connectivity index (χ0) is 22.7. The number of carbonyl (C=O) groups excluding carboxylic acids is 1. The van der Waals surface area contributed by atoms with Crippen molar-refractivity contribution in [1.29, 1.82) is 0 Å². The first kappa shape index (κ1) is 22.5. The Morgan fingerprint density at radius 1 is 1.16 bits per heavy atom. The van der Waals surface area contributed by atoms with Crippen molar-refractivity contribution >= 4 is 27.5 Å². The molecular weight excluding hydrogens is 451 g/mol. The first-order valence-electron chi connectivity index (χ1n) is 10.1. The third kappa shape index (κ3) is 5.18. The fourth-order valence-electron chi connectivity index (χ4n) is 3.63. The van der Waals surface area contributed by atoms with Crippen LogP contribution in [0.15, 0.2) is 59.8 Å². The highest BCUT2D eigenvalue weighted by Crippen LogP contribution is 2.26. The molecule has 2 aromatic carbocycles. The lowest BCUT2D eigenvalue weighted by Crippen LogP contribution is -2.38. The van der Waals surface area contributed by atoms with Crippen LogP contribution < -0.4 is 0 Å². The number of hydrogen-bond acceptors (Lipinski definition) is 6. The molecule has 1 aromatic heterocycles. The number of rotatable bonds is 7. The van der Waals surface area contributed by atoms with Gasteiger partial charge >= 0.3 is 0 Å². The van der Waals surface area contributed by atoms with Gasteiger partial charge in [-0.2, -0.15) is 0 Å². The standard InChI is InChI=1S/C22H23FN4O3S2/c1-26(19-11-12-32(29,30)15-19)20(28)14-31-22-25-24-21(17-7-9-18(23)10-8-17)27(22)13-16-5-3-2-4-6-16/h2-10,19H,11-15H2,1H3/t19-/m1/s1. The SMILES string of the molecule is CN(C(=O)CSc1nnc(-c2ccc(F)cc2)n1Cc1ccccc1)[C@@H]1CCS(=O)(=O)C1. The van der Waals surface area contributed by atoms with E-state index >= 15 is 0 Å². The lowest BCUT2D eigenvalue weighted by atomic mass is 10.2. The molecule has 0 spiro atoms. The molecule has 1 aliphatic rings. The molecule has 1 saturated heterocycles. The minimum Gasteiger partial charge on any atom is -0.341 e. The summed E-state index contributed by atoms with van der Waals surface area (Å²) in [6.45, 7) is 0.494. The number of halogens is 1.